The first-order chi connectivity index (χ1) is 12.5. The number of nitrogens with zero attached hydrogens (tertiary/aromatic N) is 1. The summed E-state index contributed by atoms with van der Waals surface area (Å²) in [5, 5.41) is 4.72. The summed E-state index contributed by atoms with van der Waals surface area (Å²) in [6, 6.07) is 17.7. The molecule has 4 rings (SSSR count). The molecular formula is C22H20N2O2. The van der Waals surface area contributed by atoms with E-state index in [1.54, 1.807) is 6.07 Å². The van der Waals surface area contributed by atoms with E-state index in [2.05, 4.69) is 24.1 Å². The summed E-state index contributed by atoms with van der Waals surface area (Å²) in [7, 11) is 0. The Balaban J connectivity index is 1.63. The van der Waals surface area contributed by atoms with E-state index in [0.717, 1.165) is 27.5 Å². The Kier molecular flexibility index (Phi) is 3.96. The van der Waals surface area contributed by atoms with Gasteiger partial charge in [0.1, 0.15) is 0 Å². The minimum absolute atomic E-state index is 0.257. The van der Waals surface area contributed by atoms with E-state index in [0.29, 0.717) is 11.6 Å². The Hall–Kier alpha value is -3.14. The molecule has 0 saturated heterocycles. The number of furan rings is 1. The smallest absolute Gasteiger partial charge is 0.291 e. The monoisotopic (exact) mass is 344 g/mol. The van der Waals surface area contributed by atoms with Crippen LogP contribution in [0.1, 0.15) is 41.4 Å². The number of hydrogen-bond donors (Lipinski definition) is 1. The summed E-state index contributed by atoms with van der Waals surface area (Å²) in [4.78, 5) is 17.1. The molecule has 0 bridgehead atoms. The lowest BCUT2D eigenvalue weighted by Crippen LogP contribution is -2.10. The van der Waals surface area contributed by atoms with Crippen molar-refractivity contribution in [1.29, 1.82) is 0 Å². The van der Waals surface area contributed by atoms with Gasteiger partial charge in [-0.05, 0) is 54.3 Å². The van der Waals surface area contributed by atoms with Crippen molar-refractivity contribution in [2.24, 2.45) is 0 Å². The number of benzene rings is 2. The lowest BCUT2D eigenvalue weighted by atomic mass is 10.0. The van der Waals surface area contributed by atoms with E-state index in [-0.39, 0.29) is 11.7 Å². The molecule has 26 heavy (non-hydrogen) atoms. The standard InChI is InChI=1S/C22H20N2O2/c1-13(2)15-6-8-18(9-7-15)23-21(25)20-12-17-11-16-5-4-14(3)10-19(16)24-22(17)26-20/h4-13H,1-3H3,(H,23,25). The highest BCUT2D eigenvalue weighted by Crippen LogP contribution is 2.24. The molecule has 1 N–H and O–H groups in total. The number of amides is 1. The molecule has 4 heteroatoms. The van der Waals surface area contributed by atoms with Gasteiger partial charge in [-0.3, -0.25) is 4.79 Å². The predicted molar refractivity (Wildman–Crippen MR) is 105 cm³/mol. The molecule has 0 saturated carbocycles. The van der Waals surface area contributed by atoms with Crippen LogP contribution in [-0.4, -0.2) is 10.9 Å². The van der Waals surface area contributed by atoms with Gasteiger partial charge in [0.2, 0.25) is 5.71 Å². The summed E-state index contributed by atoms with van der Waals surface area (Å²) >= 11 is 0. The maximum absolute atomic E-state index is 12.5. The molecule has 4 nitrogen and oxygen atoms in total. The Morgan fingerprint density at radius 3 is 2.50 bits per heavy atom. The third-order valence-electron chi connectivity index (χ3n) is 4.52. The number of hydrogen-bond acceptors (Lipinski definition) is 3. The number of anilines is 1. The molecule has 2 heterocycles. The highest BCUT2D eigenvalue weighted by molar-refractivity contribution is 6.05. The number of carbonyl (C=O) groups is 1. The van der Waals surface area contributed by atoms with Gasteiger partial charge in [-0.25, -0.2) is 4.98 Å². The summed E-state index contributed by atoms with van der Waals surface area (Å²) < 4.78 is 5.69. The summed E-state index contributed by atoms with van der Waals surface area (Å²) in [5.74, 6) is 0.437. The Labute approximate surface area is 151 Å². The van der Waals surface area contributed by atoms with Gasteiger partial charge in [0, 0.05) is 16.5 Å². The third kappa shape index (κ3) is 3.06. The number of nitrogens with one attached hydrogen (secondary N) is 1. The molecule has 0 unspecified atom stereocenters. The van der Waals surface area contributed by atoms with Crippen LogP contribution in [0.4, 0.5) is 5.69 Å². The van der Waals surface area contributed by atoms with Crippen LogP contribution in [-0.2, 0) is 0 Å². The van der Waals surface area contributed by atoms with Crippen molar-refractivity contribution in [3.05, 3.63) is 71.5 Å². The van der Waals surface area contributed by atoms with Crippen LogP contribution in [0.25, 0.3) is 22.0 Å². The molecule has 0 radical (unpaired) electrons. The first kappa shape index (κ1) is 16.3. The van der Waals surface area contributed by atoms with Gasteiger partial charge in [0.25, 0.3) is 5.91 Å². The second-order valence-corrected chi connectivity index (χ2v) is 6.92. The quantitative estimate of drug-likeness (QED) is 0.521. The van der Waals surface area contributed by atoms with Crippen LogP contribution in [0.15, 0.2) is 59.0 Å². The van der Waals surface area contributed by atoms with Gasteiger partial charge in [0.05, 0.1) is 5.52 Å². The summed E-state index contributed by atoms with van der Waals surface area (Å²) in [6.07, 6.45) is 0. The van der Waals surface area contributed by atoms with Crippen LogP contribution in [0.3, 0.4) is 0 Å². The second kappa shape index (κ2) is 6.30. The Morgan fingerprint density at radius 2 is 1.77 bits per heavy atom. The van der Waals surface area contributed by atoms with Crippen LogP contribution < -0.4 is 5.32 Å². The number of aromatic nitrogens is 1. The van der Waals surface area contributed by atoms with E-state index in [1.165, 1.54) is 5.56 Å². The minimum atomic E-state index is -0.277. The second-order valence-electron chi connectivity index (χ2n) is 6.92. The number of rotatable bonds is 3. The molecule has 0 aliphatic carbocycles. The van der Waals surface area contributed by atoms with E-state index in [4.69, 9.17) is 4.42 Å². The van der Waals surface area contributed by atoms with E-state index in [9.17, 15) is 4.79 Å². The molecule has 2 aromatic carbocycles. The minimum Gasteiger partial charge on any atom is -0.433 e. The molecule has 0 aliphatic heterocycles. The van der Waals surface area contributed by atoms with Crippen molar-refractivity contribution in [2.75, 3.05) is 5.32 Å². The summed E-state index contributed by atoms with van der Waals surface area (Å²) in [5.41, 5.74) is 4.46. The van der Waals surface area contributed by atoms with Crippen molar-refractivity contribution in [2.45, 2.75) is 26.7 Å². The number of aryl methyl sites for hydroxylation is 1. The van der Waals surface area contributed by atoms with Gasteiger partial charge in [-0.2, -0.15) is 0 Å². The van der Waals surface area contributed by atoms with Gasteiger partial charge < -0.3 is 9.73 Å². The fraction of sp³-hybridized carbons (Fsp3) is 0.182. The van der Waals surface area contributed by atoms with Crippen molar-refractivity contribution in [3.8, 4) is 0 Å². The molecule has 1 amide bonds. The van der Waals surface area contributed by atoms with Crippen LogP contribution in [0, 0.1) is 6.92 Å². The van der Waals surface area contributed by atoms with E-state index < -0.39 is 0 Å². The zero-order chi connectivity index (χ0) is 18.3. The fourth-order valence-electron chi connectivity index (χ4n) is 2.99. The topological polar surface area (TPSA) is 55.1 Å². The van der Waals surface area contributed by atoms with Gasteiger partial charge >= 0.3 is 0 Å². The van der Waals surface area contributed by atoms with Crippen molar-refractivity contribution < 1.29 is 9.21 Å². The van der Waals surface area contributed by atoms with Crippen LogP contribution in [0.2, 0.25) is 0 Å². The Bertz CT molecular complexity index is 1110. The first-order valence-corrected chi connectivity index (χ1v) is 8.72. The average Bonchev–Trinajstić information content (AvgIpc) is 3.03. The maximum Gasteiger partial charge on any atom is 0.291 e. The lowest BCUT2D eigenvalue weighted by Gasteiger charge is -2.07. The molecule has 4 aromatic rings. The molecular weight excluding hydrogens is 324 g/mol. The molecule has 0 fully saturated rings. The average molecular weight is 344 g/mol. The van der Waals surface area contributed by atoms with Crippen LogP contribution in [0.5, 0.6) is 0 Å². The first-order valence-electron chi connectivity index (χ1n) is 8.72. The zero-order valence-electron chi connectivity index (χ0n) is 15.0. The molecule has 0 aliphatic rings. The van der Waals surface area contributed by atoms with Crippen molar-refractivity contribution in [1.82, 2.24) is 4.98 Å². The number of carbonyl (C=O) groups excluding carboxylic acids is 1. The van der Waals surface area contributed by atoms with Gasteiger partial charge in [-0.1, -0.05) is 38.1 Å². The summed E-state index contributed by atoms with van der Waals surface area (Å²) in [6.45, 7) is 6.30. The Morgan fingerprint density at radius 1 is 1.00 bits per heavy atom. The highest BCUT2D eigenvalue weighted by atomic mass is 16.4. The highest BCUT2D eigenvalue weighted by Gasteiger charge is 2.14. The molecule has 2 aromatic heterocycles. The lowest BCUT2D eigenvalue weighted by molar-refractivity contribution is 0.0998. The van der Waals surface area contributed by atoms with E-state index >= 15 is 0 Å². The third-order valence-corrected chi connectivity index (χ3v) is 4.52. The van der Waals surface area contributed by atoms with Crippen molar-refractivity contribution in [3.63, 3.8) is 0 Å². The normalized spacial score (nSPS) is 11.4. The van der Waals surface area contributed by atoms with E-state index in [1.807, 2.05) is 55.5 Å². The SMILES string of the molecule is Cc1ccc2cc3cc(C(=O)Nc4ccc(C(C)C)cc4)oc3nc2c1. The zero-order valence-corrected chi connectivity index (χ0v) is 15.0. The maximum atomic E-state index is 12.5. The van der Waals surface area contributed by atoms with Crippen molar-refractivity contribution >= 4 is 33.6 Å². The van der Waals surface area contributed by atoms with Gasteiger partial charge in [-0.15, -0.1) is 0 Å². The number of fused-ring (bicyclic) bond motifs is 2. The van der Waals surface area contributed by atoms with Crippen LogP contribution >= 0.6 is 0 Å². The predicted octanol–water partition coefficient (Wildman–Crippen LogP) is 5.67. The molecule has 0 atom stereocenters. The largest absolute Gasteiger partial charge is 0.433 e. The fourth-order valence-corrected chi connectivity index (χ4v) is 2.99. The molecule has 0 spiro atoms. The number of pyridine rings is 1. The van der Waals surface area contributed by atoms with Gasteiger partial charge in [0.15, 0.2) is 5.76 Å². The molecule has 130 valence electrons.